The van der Waals surface area contributed by atoms with Gasteiger partial charge >= 0.3 is 0 Å². The number of hydrogen-bond acceptors (Lipinski definition) is 5. The van der Waals surface area contributed by atoms with Gasteiger partial charge in [-0.05, 0) is 48.0 Å². The van der Waals surface area contributed by atoms with E-state index in [1.54, 1.807) is 60.7 Å². The van der Waals surface area contributed by atoms with Crippen molar-refractivity contribution in [1.82, 2.24) is 0 Å². The van der Waals surface area contributed by atoms with Crippen molar-refractivity contribution in [3.05, 3.63) is 83.4 Å². The first-order valence-electron chi connectivity index (χ1n) is 9.86. The number of imide groups is 1. The lowest BCUT2D eigenvalue weighted by atomic mass is 10.1. The second-order valence-electron chi connectivity index (χ2n) is 7.24. The van der Waals surface area contributed by atoms with E-state index in [1.807, 2.05) is 6.07 Å². The van der Waals surface area contributed by atoms with Gasteiger partial charge in [-0.25, -0.2) is 4.90 Å². The lowest BCUT2D eigenvalue weighted by Gasteiger charge is -2.19. The second-order valence-corrected chi connectivity index (χ2v) is 7.24. The summed E-state index contributed by atoms with van der Waals surface area (Å²) in [7, 11) is 0. The Bertz CT molecular complexity index is 1190. The Morgan fingerprint density at radius 3 is 2.29 bits per heavy atom. The highest BCUT2D eigenvalue weighted by Crippen LogP contribution is 2.32. The highest BCUT2D eigenvalue weighted by atomic mass is 16.6. The molecule has 3 aromatic carbocycles. The van der Waals surface area contributed by atoms with E-state index in [4.69, 9.17) is 9.47 Å². The molecule has 2 heterocycles. The van der Waals surface area contributed by atoms with Crippen molar-refractivity contribution in [3.63, 3.8) is 0 Å². The maximum Gasteiger partial charge on any atom is 0.266 e. The molecule has 7 nitrogen and oxygen atoms in total. The molecule has 31 heavy (non-hydrogen) atoms. The first-order valence-corrected chi connectivity index (χ1v) is 9.86. The number of benzene rings is 3. The average Bonchev–Trinajstić information content (AvgIpc) is 3.04. The minimum Gasteiger partial charge on any atom is -0.486 e. The summed E-state index contributed by atoms with van der Waals surface area (Å²) in [6.45, 7) is 0.990. The van der Waals surface area contributed by atoms with Crippen LogP contribution in [0.15, 0.2) is 66.7 Å². The van der Waals surface area contributed by atoms with Crippen molar-refractivity contribution < 1.29 is 23.9 Å². The maximum atomic E-state index is 12.7. The molecule has 0 unspecified atom stereocenters. The van der Waals surface area contributed by atoms with Gasteiger partial charge in [0, 0.05) is 5.69 Å². The van der Waals surface area contributed by atoms with Crippen molar-refractivity contribution in [2.45, 2.75) is 6.42 Å². The van der Waals surface area contributed by atoms with Gasteiger partial charge in [-0.3, -0.25) is 14.4 Å². The first-order chi connectivity index (χ1) is 15.1. The van der Waals surface area contributed by atoms with Gasteiger partial charge in [-0.15, -0.1) is 0 Å². The van der Waals surface area contributed by atoms with Gasteiger partial charge < -0.3 is 14.8 Å². The number of fused-ring (bicyclic) bond motifs is 2. The van der Waals surface area contributed by atoms with Crippen LogP contribution in [-0.4, -0.2) is 30.9 Å². The largest absolute Gasteiger partial charge is 0.486 e. The molecule has 0 aromatic heterocycles. The molecule has 0 fully saturated rings. The third-order valence-corrected chi connectivity index (χ3v) is 5.15. The van der Waals surface area contributed by atoms with Crippen LogP contribution in [0.25, 0.3) is 0 Å². The lowest BCUT2D eigenvalue weighted by molar-refractivity contribution is -0.115. The van der Waals surface area contributed by atoms with Crippen molar-refractivity contribution in [3.8, 4) is 11.5 Å². The van der Waals surface area contributed by atoms with E-state index < -0.39 is 0 Å². The van der Waals surface area contributed by atoms with Crippen LogP contribution in [-0.2, 0) is 11.2 Å². The van der Waals surface area contributed by atoms with E-state index in [2.05, 4.69) is 5.32 Å². The predicted octanol–water partition coefficient (Wildman–Crippen LogP) is 3.44. The zero-order valence-corrected chi connectivity index (χ0v) is 16.5. The molecule has 0 bridgehead atoms. The fourth-order valence-corrected chi connectivity index (χ4v) is 3.73. The normalized spacial score (nSPS) is 14.4. The summed E-state index contributed by atoms with van der Waals surface area (Å²) in [4.78, 5) is 39.1. The molecule has 0 spiro atoms. The highest BCUT2D eigenvalue weighted by Gasteiger charge is 2.36. The third kappa shape index (κ3) is 3.50. The Kier molecular flexibility index (Phi) is 4.63. The van der Waals surface area contributed by atoms with Crippen LogP contribution in [0.3, 0.4) is 0 Å². The van der Waals surface area contributed by atoms with E-state index in [0.717, 1.165) is 10.5 Å². The van der Waals surface area contributed by atoms with Crippen LogP contribution in [0.1, 0.15) is 26.3 Å². The molecule has 154 valence electrons. The Balaban J connectivity index is 1.31. The fourth-order valence-electron chi connectivity index (χ4n) is 3.73. The van der Waals surface area contributed by atoms with Crippen LogP contribution in [0.4, 0.5) is 11.4 Å². The molecule has 2 aliphatic heterocycles. The number of anilines is 2. The summed E-state index contributed by atoms with van der Waals surface area (Å²) in [6, 6.07) is 18.8. The molecule has 1 N–H and O–H groups in total. The number of rotatable bonds is 4. The summed E-state index contributed by atoms with van der Waals surface area (Å²) in [6.07, 6.45) is 0.147. The van der Waals surface area contributed by atoms with Gasteiger partial charge in [0.1, 0.15) is 13.2 Å². The lowest BCUT2D eigenvalue weighted by Crippen LogP contribution is -2.29. The number of nitrogens with one attached hydrogen (secondary N) is 1. The van der Waals surface area contributed by atoms with Crippen LogP contribution in [0.2, 0.25) is 0 Å². The number of ether oxygens (including phenoxy) is 2. The Morgan fingerprint density at radius 2 is 1.55 bits per heavy atom. The summed E-state index contributed by atoms with van der Waals surface area (Å²) >= 11 is 0. The van der Waals surface area contributed by atoms with Crippen LogP contribution < -0.4 is 19.7 Å². The number of hydrogen-bond donors (Lipinski definition) is 1. The SMILES string of the molecule is O=C(Cc1ccc2c(c1)OCCO2)Nc1cccc(N2C(=O)c3ccccc3C2=O)c1. The highest BCUT2D eigenvalue weighted by molar-refractivity contribution is 6.34. The monoisotopic (exact) mass is 414 g/mol. The number of carbonyl (C=O) groups is 3. The van der Waals surface area contributed by atoms with Crippen molar-refractivity contribution >= 4 is 29.1 Å². The van der Waals surface area contributed by atoms with Crippen molar-refractivity contribution in [1.29, 1.82) is 0 Å². The zero-order valence-electron chi connectivity index (χ0n) is 16.5. The molecule has 3 amide bonds. The van der Waals surface area contributed by atoms with Gasteiger partial charge in [-0.1, -0.05) is 24.3 Å². The first kappa shape index (κ1) is 18.9. The molecule has 2 aliphatic rings. The van der Waals surface area contributed by atoms with E-state index in [0.29, 0.717) is 47.2 Å². The van der Waals surface area contributed by atoms with E-state index in [-0.39, 0.29) is 24.1 Å². The Labute approximate surface area is 178 Å². The molecule has 0 saturated heterocycles. The standard InChI is InChI=1S/C24H18N2O5/c27-22(13-15-8-9-20-21(12-15)31-11-10-30-20)25-16-4-3-5-17(14-16)26-23(28)18-6-1-2-7-19(18)24(26)29/h1-9,12,14H,10-11,13H2,(H,25,27). The van der Waals surface area contributed by atoms with E-state index >= 15 is 0 Å². The van der Waals surface area contributed by atoms with Gasteiger partial charge in [0.05, 0.1) is 23.2 Å². The molecular weight excluding hydrogens is 396 g/mol. The Morgan fingerprint density at radius 1 is 0.839 bits per heavy atom. The van der Waals surface area contributed by atoms with Crippen LogP contribution >= 0.6 is 0 Å². The molecule has 0 saturated carbocycles. The minimum atomic E-state index is -0.375. The molecule has 3 aromatic rings. The zero-order chi connectivity index (χ0) is 21.4. The minimum absolute atomic E-state index is 0.147. The summed E-state index contributed by atoms with van der Waals surface area (Å²) in [5, 5.41) is 2.82. The molecule has 7 heteroatoms. The number of amides is 3. The summed E-state index contributed by atoms with van der Waals surface area (Å²) < 4.78 is 11.1. The number of carbonyl (C=O) groups excluding carboxylic acids is 3. The maximum absolute atomic E-state index is 12.7. The van der Waals surface area contributed by atoms with E-state index in [1.165, 1.54) is 0 Å². The molecule has 0 atom stereocenters. The van der Waals surface area contributed by atoms with Crippen molar-refractivity contribution in [2.75, 3.05) is 23.4 Å². The average molecular weight is 414 g/mol. The smallest absolute Gasteiger partial charge is 0.266 e. The van der Waals surface area contributed by atoms with Crippen molar-refractivity contribution in [2.24, 2.45) is 0 Å². The van der Waals surface area contributed by atoms with Crippen LogP contribution in [0.5, 0.6) is 11.5 Å². The summed E-state index contributed by atoms with van der Waals surface area (Å²) in [5.74, 6) is 0.324. The topological polar surface area (TPSA) is 84.9 Å². The molecule has 0 radical (unpaired) electrons. The summed E-state index contributed by atoms with van der Waals surface area (Å²) in [5.41, 5.74) is 2.44. The quantitative estimate of drug-likeness (QED) is 0.661. The van der Waals surface area contributed by atoms with Crippen LogP contribution in [0, 0.1) is 0 Å². The predicted molar refractivity (Wildman–Crippen MR) is 114 cm³/mol. The second kappa shape index (κ2) is 7.60. The number of nitrogens with zero attached hydrogens (tertiary/aromatic N) is 1. The van der Waals surface area contributed by atoms with Gasteiger partial charge in [-0.2, -0.15) is 0 Å². The molecular formula is C24H18N2O5. The molecule has 5 rings (SSSR count). The van der Waals surface area contributed by atoms with E-state index in [9.17, 15) is 14.4 Å². The van der Waals surface area contributed by atoms with Gasteiger partial charge in [0.2, 0.25) is 5.91 Å². The molecule has 0 aliphatic carbocycles. The Hall–Kier alpha value is -4.13. The van der Waals surface area contributed by atoms with Gasteiger partial charge in [0.25, 0.3) is 11.8 Å². The van der Waals surface area contributed by atoms with Gasteiger partial charge in [0.15, 0.2) is 11.5 Å². The fraction of sp³-hybridized carbons (Fsp3) is 0.125. The third-order valence-electron chi connectivity index (χ3n) is 5.15.